The molecule has 3 aromatic rings. The van der Waals surface area contributed by atoms with Crippen LogP contribution in [0.5, 0.6) is 0 Å². The fourth-order valence-corrected chi connectivity index (χ4v) is 4.89. The Morgan fingerprint density at radius 2 is 1.64 bits per heavy atom. The summed E-state index contributed by atoms with van der Waals surface area (Å²) in [6.45, 7) is 4.41. The van der Waals surface area contributed by atoms with Crippen molar-refractivity contribution in [1.82, 2.24) is 0 Å². The highest BCUT2D eigenvalue weighted by molar-refractivity contribution is 5.85. The lowest BCUT2D eigenvalue weighted by Gasteiger charge is -2.26. The van der Waals surface area contributed by atoms with E-state index in [1.54, 1.807) is 0 Å². The first-order chi connectivity index (χ1) is 16.1. The van der Waals surface area contributed by atoms with E-state index in [0.717, 1.165) is 42.0 Å². The van der Waals surface area contributed by atoms with Gasteiger partial charge in [0.1, 0.15) is 5.82 Å². The van der Waals surface area contributed by atoms with E-state index in [9.17, 15) is 0 Å². The zero-order chi connectivity index (χ0) is 23.0. The zero-order valence-electron chi connectivity index (χ0n) is 20.0. The lowest BCUT2D eigenvalue weighted by molar-refractivity contribution is 0.278. The molecule has 0 spiro atoms. The number of aryl methyl sites for hydroxylation is 2. The summed E-state index contributed by atoms with van der Waals surface area (Å²) in [5.41, 5.74) is 3.98. The van der Waals surface area contributed by atoms with Crippen molar-refractivity contribution >= 4 is 10.8 Å². The number of allylic oxidation sites excluding steroid dienone is 2. The largest absolute Gasteiger partial charge is 0.205 e. The molecule has 0 atom stereocenters. The Kier molecular flexibility index (Phi) is 8.01. The first-order valence-corrected chi connectivity index (χ1v) is 12.6. The topological polar surface area (TPSA) is 0 Å². The minimum absolute atomic E-state index is 0.212. The number of hydrogen-bond acceptors (Lipinski definition) is 0. The summed E-state index contributed by atoms with van der Waals surface area (Å²) in [4.78, 5) is 0. The lowest BCUT2D eigenvalue weighted by atomic mass is 9.80. The Morgan fingerprint density at radius 1 is 0.879 bits per heavy atom. The van der Waals surface area contributed by atoms with E-state index in [0.29, 0.717) is 10.9 Å². The second kappa shape index (κ2) is 11.3. The summed E-state index contributed by atoms with van der Waals surface area (Å²) in [6.07, 6.45) is 14.1. The van der Waals surface area contributed by atoms with Gasteiger partial charge in [0.2, 0.25) is 0 Å². The molecule has 0 saturated heterocycles. The van der Waals surface area contributed by atoms with E-state index in [2.05, 4.69) is 55.2 Å². The molecule has 0 radical (unpaired) electrons. The normalized spacial score (nSPS) is 18.4. The summed E-state index contributed by atoms with van der Waals surface area (Å²) in [6, 6.07) is 18.3. The second-order valence-corrected chi connectivity index (χ2v) is 9.70. The van der Waals surface area contributed by atoms with Crippen molar-refractivity contribution < 1.29 is 4.39 Å². The monoisotopic (exact) mass is 438 g/mol. The summed E-state index contributed by atoms with van der Waals surface area (Å²) in [5, 5.41) is 1.63. The minimum Gasteiger partial charge on any atom is -0.205 e. The van der Waals surface area contributed by atoms with Gasteiger partial charge >= 0.3 is 0 Å². The van der Waals surface area contributed by atoms with E-state index in [1.807, 2.05) is 37.3 Å². The van der Waals surface area contributed by atoms with Crippen LogP contribution in [0.1, 0.15) is 74.6 Å². The van der Waals surface area contributed by atoms with Crippen LogP contribution in [0, 0.1) is 29.5 Å². The Labute approximate surface area is 198 Å². The highest BCUT2D eigenvalue weighted by atomic mass is 19.1. The summed E-state index contributed by atoms with van der Waals surface area (Å²) >= 11 is 0. The number of halogens is 1. The standard InChI is InChI=1S/C32H35F/c1-3-4-5-6-25-11-13-27(14-12-25)17-19-29-20-21-30-23-28(18-22-31(30)32(29)33)16-15-26-9-7-24(2)8-10-26/h3-4,11-14,18,20-24,26H,5-10,15-16H2,1-2H3/b4-3+. The molecule has 4 rings (SSSR count). The third kappa shape index (κ3) is 6.35. The van der Waals surface area contributed by atoms with E-state index in [4.69, 9.17) is 0 Å². The lowest BCUT2D eigenvalue weighted by Crippen LogP contribution is -2.12. The molecule has 0 unspecified atom stereocenters. The number of hydrogen-bond donors (Lipinski definition) is 0. The van der Waals surface area contributed by atoms with Gasteiger partial charge in [-0.1, -0.05) is 93.0 Å². The van der Waals surface area contributed by atoms with Gasteiger partial charge in [0.25, 0.3) is 0 Å². The van der Waals surface area contributed by atoms with Gasteiger partial charge in [-0.3, -0.25) is 0 Å². The Balaban J connectivity index is 1.42. The van der Waals surface area contributed by atoms with Crippen LogP contribution in [0.15, 0.2) is 66.7 Å². The SMILES string of the molecule is C/C=C/CCc1ccc(C#Cc2ccc3cc(CCC4CCC(C)CC4)ccc3c2F)cc1. The first-order valence-electron chi connectivity index (χ1n) is 12.6. The van der Waals surface area contributed by atoms with E-state index in [-0.39, 0.29) is 5.82 Å². The second-order valence-electron chi connectivity index (χ2n) is 9.70. The third-order valence-corrected chi connectivity index (χ3v) is 7.13. The number of fused-ring (bicyclic) bond motifs is 1. The molecule has 170 valence electrons. The van der Waals surface area contributed by atoms with Crippen LogP contribution in [-0.4, -0.2) is 0 Å². The average Bonchev–Trinajstić information content (AvgIpc) is 2.84. The van der Waals surface area contributed by atoms with E-state index >= 15 is 4.39 Å². The fourth-order valence-electron chi connectivity index (χ4n) is 4.89. The molecule has 3 aromatic carbocycles. The summed E-state index contributed by atoms with van der Waals surface area (Å²) < 4.78 is 15.1. The molecule has 0 N–H and O–H groups in total. The van der Waals surface area contributed by atoms with Crippen LogP contribution < -0.4 is 0 Å². The van der Waals surface area contributed by atoms with Gasteiger partial charge in [0, 0.05) is 10.9 Å². The maximum Gasteiger partial charge on any atom is 0.146 e. The summed E-state index contributed by atoms with van der Waals surface area (Å²) in [7, 11) is 0. The molecule has 1 heteroatoms. The maximum atomic E-state index is 15.1. The Hall–Kier alpha value is -2.85. The van der Waals surface area contributed by atoms with E-state index in [1.165, 1.54) is 43.2 Å². The maximum absolute atomic E-state index is 15.1. The number of benzene rings is 3. The van der Waals surface area contributed by atoms with Crippen molar-refractivity contribution in [2.24, 2.45) is 11.8 Å². The van der Waals surface area contributed by atoms with Crippen molar-refractivity contribution in [3.05, 3.63) is 94.8 Å². The van der Waals surface area contributed by atoms with Crippen LogP contribution in [0.4, 0.5) is 4.39 Å². The predicted octanol–water partition coefficient (Wildman–Crippen LogP) is 8.65. The Morgan fingerprint density at radius 3 is 2.39 bits per heavy atom. The van der Waals surface area contributed by atoms with Crippen molar-refractivity contribution in [2.45, 2.75) is 65.2 Å². The van der Waals surface area contributed by atoms with Crippen LogP contribution in [0.25, 0.3) is 10.8 Å². The third-order valence-electron chi connectivity index (χ3n) is 7.13. The van der Waals surface area contributed by atoms with Gasteiger partial charge in [-0.05, 0) is 79.2 Å². The molecule has 33 heavy (non-hydrogen) atoms. The molecule has 0 aromatic heterocycles. The highest BCUT2D eigenvalue weighted by Gasteiger charge is 2.18. The quantitative estimate of drug-likeness (QED) is 0.267. The van der Waals surface area contributed by atoms with Gasteiger partial charge in [-0.15, -0.1) is 0 Å². The molecule has 1 aliphatic carbocycles. The molecule has 0 heterocycles. The number of rotatable bonds is 6. The Bertz CT molecular complexity index is 1150. The first kappa shape index (κ1) is 23.3. The van der Waals surface area contributed by atoms with Crippen molar-refractivity contribution in [2.75, 3.05) is 0 Å². The van der Waals surface area contributed by atoms with Gasteiger partial charge in [-0.2, -0.15) is 0 Å². The molecule has 0 nitrogen and oxygen atoms in total. The molecule has 0 bridgehead atoms. The minimum atomic E-state index is -0.212. The van der Waals surface area contributed by atoms with Gasteiger partial charge in [0.15, 0.2) is 0 Å². The van der Waals surface area contributed by atoms with Crippen molar-refractivity contribution in [3.8, 4) is 11.8 Å². The molecular formula is C32H35F. The highest BCUT2D eigenvalue weighted by Crippen LogP contribution is 2.31. The zero-order valence-corrected chi connectivity index (χ0v) is 20.0. The van der Waals surface area contributed by atoms with Gasteiger partial charge < -0.3 is 0 Å². The smallest absolute Gasteiger partial charge is 0.146 e. The van der Waals surface area contributed by atoms with E-state index < -0.39 is 0 Å². The van der Waals surface area contributed by atoms with Crippen LogP contribution in [-0.2, 0) is 12.8 Å². The van der Waals surface area contributed by atoms with Crippen molar-refractivity contribution in [3.63, 3.8) is 0 Å². The molecule has 1 aliphatic rings. The van der Waals surface area contributed by atoms with Crippen LogP contribution >= 0.6 is 0 Å². The molecular weight excluding hydrogens is 403 g/mol. The van der Waals surface area contributed by atoms with Gasteiger partial charge in [-0.25, -0.2) is 4.39 Å². The average molecular weight is 439 g/mol. The molecule has 1 fully saturated rings. The molecule has 0 aliphatic heterocycles. The molecule has 0 amide bonds. The fraction of sp³-hybridized carbons (Fsp3) is 0.375. The van der Waals surface area contributed by atoms with Crippen LogP contribution in [0.3, 0.4) is 0 Å². The van der Waals surface area contributed by atoms with Crippen LogP contribution in [0.2, 0.25) is 0 Å². The summed E-state index contributed by atoms with van der Waals surface area (Å²) in [5.74, 6) is 7.71. The van der Waals surface area contributed by atoms with Gasteiger partial charge in [0.05, 0.1) is 5.56 Å². The van der Waals surface area contributed by atoms with Crippen molar-refractivity contribution in [1.29, 1.82) is 0 Å². The predicted molar refractivity (Wildman–Crippen MR) is 139 cm³/mol. The molecule has 1 saturated carbocycles.